The quantitative estimate of drug-likeness (QED) is 0.701. The average molecular weight is 260 g/mol. The summed E-state index contributed by atoms with van der Waals surface area (Å²) in [7, 11) is -0.243. The van der Waals surface area contributed by atoms with Crippen LogP contribution in [0.1, 0.15) is 19.3 Å². The Kier molecular flexibility index (Phi) is 5.14. The molecule has 0 aromatic carbocycles. The summed E-state index contributed by atoms with van der Waals surface area (Å²) >= 11 is 0. The van der Waals surface area contributed by atoms with E-state index in [1.54, 1.807) is 0 Å². The van der Waals surface area contributed by atoms with Gasteiger partial charge in [0, 0.05) is 27.1 Å². The predicted molar refractivity (Wildman–Crippen MR) is 67.0 cm³/mol. The van der Waals surface area contributed by atoms with Crippen molar-refractivity contribution in [2.45, 2.75) is 19.3 Å². The van der Waals surface area contributed by atoms with Gasteiger partial charge >= 0.3 is 0 Å². The molecule has 1 aliphatic carbocycles. The van der Waals surface area contributed by atoms with Crippen LogP contribution in [-0.4, -0.2) is 45.0 Å². The summed E-state index contributed by atoms with van der Waals surface area (Å²) in [4.78, 5) is 11.5. The summed E-state index contributed by atoms with van der Waals surface area (Å²) < 4.78 is 24.0. The lowest BCUT2D eigenvalue weighted by atomic mass is 10.1. The number of hydrogen-bond donors (Lipinski definition) is 1. The Labute approximate surface area is 103 Å². The molecule has 1 amide bonds. The van der Waals surface area contributed by atoms with E-state index in [0.29, 0.717) is 12.3 Å². The molecular formula is C11H20N2O3S. The van der Waals surface area contributed by atoms with Gasteiger partial charge in [-0.15, -0.1) is 0 Å². The van der Waals surface area contributed by atoms with Crippen molar-refractivity contribution in [3.8, 4) is 0 Å². The van der Waals surface area contributed by atoms with Crippen molar-refractivity contribution in [2.75, 3.05) is 26.4 Å². The summed E-state index contributed by atoms with van der Waals surface area (Å²) in [6.45, 7) is 0.176. The molecule has 17 heavy (non-hydrogen) atoms. The van der Waals surface area contributed by atoms with E-state index in [1.165, 1.54) is 18.4 Å². The van der Waals surface area contributed by atoms with Crippen molar-refractivity contribution in [2.24, 2.45) is 5.92 Å². The highest BCUT2D eigenvalue weighted by molar-refractivity contribution is 7.89. The number of allylic oxidation sites excluding steroid dienone is 2. The minimum Gasteiger partial charge on any atom is -0.355 e. The van der Waals surface area contributed by atoms with Gasteiger partial charge in [0.1, 0.15) is 0 Å². The minimum atomic E-state index is -3.22. The minimum absolute atomic E-state index is 0.0494. The van der Waals surface area contributed by atoms with E-state index in [9.17, 15) is 13.2 Å². The van der Waals surface area contributed by atoms with Gasteiger partial charge in [0.2, 0.25) is 15.9 Å². The molecule has 0 spiro atoms. The Balaban J connectivity index is 2.22. The Morgan fingerprint density at radius 3 is 2.71 bits per heavy atom. The van der Waals surface area contributed by atoms with Crippen LogP contribution in [0.25, 0.3) is 0 Å². The number of carbonyl (C=O) groups excluding carboxylic acids is 1. The Morgan fingerprint density at radius 1 is 1.47 bits per heavy atom. The van der Waals surface area contributed by atoms with Gasteiger partial charge < -0.3 is 5.32 Å². The van der Waals surface area contributed by atoms with Crippen LogP contribution in [0.4, 0.5) is 0 Å². The van der Waals surface area contributed by atoms with Gasteiger partial charge in [-0.3, -0.25) is 4.79 Å². The van der Waals surface area contributed by atoms with E-state index in [4.69, 9.17) is 0 Å². The number of carbonyl (C=O) groups is 1. The van der Waals surface area contributed by atoms with E-state index in [0.717, 1.165) is 12.8 Å². The highest BCUT2D eigenvalue weighted by Gasteiger charge is 2.16. The number of amides is 1. The van der Waals surface area contributed by atoms with Gasteiger partial charge in [0.15, 0.2) is 0 Å². The fraction of sp³-hybridized carbons (Fsp3) is 0.727. The van der Waals surface area contributed by atoms with Gasteiger partial charge in [-0.1, -0.05) is 12.2 Å². The van der Waals surface area contributed by atoms with Gasteiger partial charge in [-0.2, -0.15) is 0 Å². The Morgan fingerprint density at radius 2 is 2.18 bits per heavy atom. The fourth-order valence-electron chi connectivity index (χ4n) is 1.68. The molecule has 0 aromatic rings. The summed E-state index contributed by atoms with van der Waals surface area (Å²) in [6.07, 6.45) is 6.64. The van der Waals surface area contributed by atoms with Crippen LogP contribution in [0, 0.1) is 5.92 Å². The molecule has 0 heterocycles. The van der Waals surface area contributed by atoms with Crippen LogP contribution in [-0.2, 0) is 14.8 Å². The van der Waals surface area contributed by atoms with Crippen molar-refractivity contribution in [3.63, 3.8) is 0 Å². The predicted octanol–water partition coefficient (Wildman–Crippen LogP) is 0.350. The normalized spacial score (nSPS) is 19.8. The third kappa shape index (κ3) is 4.87. The first kappa shape index (κ1) is 14.2. The van der Waals surface area contributed by atoms with E-state index in [1.807, 2.05) is 0 Å². The summed E-state index contributed by atoms with van der Waals surface area (Å²) in [5, 5.41) is 2.64. The van der Waals surface area contributed by atoms with Crippen molar-refractivity contribution in [3.05, 3.63) is 12.2 Å². The molecule has 5 nitrogen and oxygen atoms in total. The van der Waals surface area contributed by atoms with Crippen LogP contribution in [0.15, 0.2) is 12.2 Å². The molecule has 0 saturated heterocycles. The third-order valence-corrected chi connectivity index (χ3v) is 4.63. The maximum absolute atomic E-state index is 11.5. The zero-order chi connectivity index (χ0) is 12.9. The first-order chi connectivity index (χ1) is 7.92. The smallest absolute Gasteiger partial charge is 0.220 e. The van der Waals surface area contributed by atoms with E-state index < -0.39 is 10.0 Å². The van der Waals surface area contributed by atoms with E-state index >= 15 is 0 Å². The summed E-state index contributed by atoms with van der Waals surface area (Å²) in [6, 6.07) is 0. The van der Waals surface area contributed by atoms with Crippen molar-refractivity contribution in [1.82, 2.24) is 9.62 Å². The molecule has 0 fully saturated rings. The molecule has 1 aliphatic rings. The second kappa shape index (κ2) is 6.16. The molecular weight excluding hydrogens is 240 g/mol. The number of rotatable bonds is 6. The third-order valence-electron chi connectivity index (χ3n) is 2.80. The molecule has 1 rings (SSSR count). The number of sulfonamides is 1. The topological polar surface area (TPSA) is 66.5 Å². The van der Waals surface area contributed by atoms with Crippen molar-refractivity contribution in [1.29, 1.82) is 0 Å². The molecule has 1 atom stereocenters. The summed E-state index contributed by atoms with van der Waals surface area (Å²) in [5.74, 6) is 0.197. The maximum atomic E-state index is 11.5. The fourth-order valence-corrected chi connectivity index (χ4v) is 2.40. The Bertz CT molecular complexity index is 388. The van der Waals surface area contributed by atoms with Gasteiger partial charge in [0.05, 0.1) is 5.75 Å². The van der Waals surface area contributed by atoms with E-state index in [2.05, 4.69) is 17.5 Å². The molecule has 0 aliphatic heterocycles. The van der Waals surface area contributed by atoms with Gasteiger partial charge in [-0.25, -0.2) is 12.7 Å². The zero-order valence-electron chi connectivity index (χ0n) is 10.3. The molecule has 0 aromatic heterocycles. The lowest BCUT2D eigenvalue weighted by Crippen LogP contribution is -2.34. The van der Waals surface area contributed by atoms with Crippen molar-refractivity contribution >= 4 is 15.9 Å². The highest BCUT2D eigenvalue weighted by Crippen LogP contribution is 2.19. The monoisotopic (exact) mass is 260 g/mol. The second-order valence-electron chi connectivity index (χ2n) is 4.42. The first-order valence-electron chi connectivity index (χ1n) is 5.75. The second-order valence-corrected chi connectivity index (χ2v) is 6.72. The average Bonchev–Trinajstić information content (AvgIpc) is 2.69. The number of hydrogen-bond acceptors (Lipinski definition) is 3. The van der Waals surface area contributed by atoms with Gasteiger partial charge in [0.25, 0.3) is 0 Å². The van der Waals surface area contributed by atoms with Crippen LogP contribution < -0.4 is 5.32 Å². The SMILES string of the molecule is CN(C)S(=O)(=O)CCNC(=O)C[C@@H]1C=CCC1. The standard InChI is InChI=1S/C11H20N2O3S/c1-13(2)17(15,16)8-7-12-11(14)9-10-5-3-4-6-10/h3,5,10H,4,6-9H2,1-2H3,(H,12,14)/t10-/m1/s1. The molecule has 0 unspecified atom stereocenters. The molecule has 98 valence electrons. The largest absolute Gasteiger partial charge is 0.355 e. The number of nitrogens with one attached hydrogen (secondary N) is 1. The van der Waals surface area contributed by atoms with Crippen LogP contribution in [0.2, 0.25) is 0 Å². The van der Waals surface area contributed by atoms with Crippen LogP contribution in [0.5, 0.6) is 0 Å². The lowest BCUT2D eigenvalue weighted by molar-refractivity contribution is -0.121. The lowest BCUT2D eigenvalue weighted by Gasteiger charge is -2.12. The maximum Gasteiger partial charge on any atom is 0.220 e. The first-order valence-corrected chi connectivity index (χ1v) is 7.36. The molecule has 1 N–H and O–H groups in total. The van der Waals surface area contributed by atoms with Crippen LogP contribution in [0.3, 0.4) is 0 Å². The zero-order valence-corrected chi connectivity index (χ0v) is 11.2. The van der Waals surface area contributed by atoms with E-state index in [-0.39, 0.29) is 18.2 Å². The Hall–Kier alpha value is -0.880. The number of nitrogens with zero attached hydrogens (tertiary/aromatic N) is 1. The van der Waals surface area contributed by atoms with Gasteiger partial charge in [-0.05, 0) is 18.8 Å². The summed E-state index contributed by atoms with van der Waals surface area (Å²) in [5.41, 5.74) is 0. The van der Waals surface area contributed by atoms with Crippen LogP contribution >= 0.6 is 0 Å². The highest BCUT2D eigenvalue weighted by atomic mass is 32.2. The molecule has 0 saturated carbocycles. The van der Waals surface area contributed by atoms with Crippen molar-refractivity contribution < 1.29 is 13.2 Å². The molecule has 6 heteroatoms. The molecule has 0 bridgehead atoms. The molecule has 0 radical (unpaired) electrons.